The zero-order chi connectivity index (χ0) is 19.9. The predicted octanol–water partition coefficient (Wildman–Crippen LogP) is 2.75. The topological polar surface area (TPSA) is 97.5 Å². The van der Waals surface area contributed by atoms with E-state index in [4.69, 9.17) is 5.14 Å². The average molecular weight is 415 g/mol. The van der Waals surface area contributed by atoms with E-state index in [1.165, 1.54) is 22.5 Å². The third-order valence-electron chi connectivity index (χ3n) is 4.77. The van der Waals surface area contributed by atoms with E-state index >= 15 is 0 Å². The minimum Gasteiger partial charge on any atom is -0.266 e. The van der Waals surface area contributed by atoms with Gasteiger partial charge in [-0.2, -0.15) is 0 Å². The third-order valence-corrected chi connectivity index (χ3v) is 7.55. The molecule has 0 atom stereocenters. The van der Waals surface area contributed by atoms with Crippen LogP contribution in [0.25, 0.3) is 11.1 Å². The molecule has 0 unspecified atom stereocenters. The maximum Gasteiger partial charge on any atom is 0.264 e. The van der Waals surface area contributed by atoms with Crippen LogP contribution in [0, 0.1) is 0 Å². The number of benzene rings is 3. The van der Waals surface area contributed by atoms with Crippen molar-refractivity contribution in [1.82, 2.24) is 0 Å². The van der Waals surface area contributed by atoms with Gasteiger partial charge in [-0.25, -0.2) is 22.0 Å². The fourth-order valence-electron chi connectivity index (χ4n) is 3.44. The Labute approximate surface area is 164 Å². The summed E-state index contributed by atoms with van der Waals surface area (Å²) in [5.74, 6) is 0. The van der Waals surface area contributed by atoms with Crippen molar-refractivity contribution < 1.29 is 16.8 Å². The Kier molecular flexibility index (Phi) is 4.49. The van der Waals surface area contributed by atoms with E-state index in [1.807, 2.05) is 30.3 Å². The van der Waals surface area contributed by atoms with Crippen LogP contribution in [0.4, 0.5) is 5.69 Å². The van der Waals surface area contributed by atoms with E-state index in [1.54, 1.807) is 24.3 Å². The van der Waals surface area contributed by atoms with E-state index in [2.05, 4.69) is 0 Å². The number of fused-ring (bicyclic) bond motifs is 1. The molecular weight excluding hydrogens is 396 g/mol. The molecule has 8 heteroatoms. The van der Waals surface area contributed by atoms with Gasteiger partial charge in [0.2, 0.25) is 10.0 Å². The van der Waals surface area contributed by atoms with Crippen LogP contribution in [0.1, 0.15) is 5.56 Å². The summed E-state index contributed by atoms with van der Waals surface area (Å²) in [5, 5.41) is 5.19. The average Bonchev–Trinajstić information content (AvgIpc) is 3.12. The highest BCUT2D eigenvalue weighted by Crippen LogP contribution is 2.37. The number of nitrogens with two attached hydrogens (primary N) is 1. The Bertz CT molecular complexity index is 1250. The Morgan fingerprint density at radius 2 is 1.50 bits per heavy atom. The number of nitrogens with zero attached hydrogens (tertiary/aromatic N) is 1. The van der Waals surface area contributed by atoms with Gasteiger partial charge in [-0.3, -0.25) is 4.31 Å². The second-order valence-electron chi connectivity index (χ2n) is 6.52. The molecule has 3 aromatic rings. The Morgan fingerprint density at radius 3 is 2.21 bits per heavy atom. The molecule has 0 fully saturated rings. The zero-order valence-corrected chi connectivity index (χ0v) is 16.4. The normalized spacial score (nSPS) is 14.1. The second kappa shape index (κ2) is 6.73. The van der Waals surface area contributed by atoms with Crippen LogP contribution in [0.3, 0.4) is 0 Å². The summed E-state index contributed by atoms with van der Waals surface area (Å²) < 4.78 is 51.4. The van der Waals surface area contributed by atoms with Crippen molar-refractivity contribution in [1.29, 1.82) is 0 Å². The largest absolute Gasteiger partial charge is 0.266 e. The van der Waals surface area contributed by atoms with E-state index in [-0.39, 0.29) is 16.3 Å². The van der Waals surface area contributed by atoms with Crippen molar-refractivity contribution in [2.45, 2.75) is 16.2 Å². The monoisotopic (exact) mass is 414 g/mol. The molecule has 1 aliphatic heterocycles. The van der Waals surface area contributed by atoms with E-state index < -0.39 is 20.0 Å². The summed E-state index contributed by atoms with van der Waals surface area (Å²) in [6.45, 7) is 0.245. The number of sulfonamides is 2. The highest BCUT2D eigenvalue weighted by Gasteiger charge is 2.33. The predicted molar refractivity (Wildman–Crippen MR) is 108 cm³/mol. The van der Waals surface area contributed by atoms with Crippen LogP contribution in [0.15, 0.2) is 82.6 Å². The van der Waals surface area contributed by atoms with Crippen LogP contribution >= 0.6 is 0 Å². The molecule has 0 aromatic heterocycles. The summed E-state index contributed by atoms with van der Waals surface area (Å²) in [5.41, 5.74) is 2.56. The molecule has 2 N–H and O–H groups in total. The minimum atomic E-state index is -3.84. The standard InChI is InChI=1S/C20H18N2O4S2/c21-27(23,24)17-10-11-19-16(14-17)12-13-22(19)28(25,26)20-9-5-4-8-18(20)15-6-2-1-3-7-15/h1-11,14H,12-13H2,(H2,21,23,24). The first-order valence-corrected chi connectivity index (χ1v) is 11.6. The second-order valence-corrected chi connectivity index (χ2v) is 9.92. The lowest BCUT2D eigenvalue weighted by atomic mass is 10.1. The van der Waals surface area contributed by atoms with Crippen LogP contribution in [0.5, 0.6) is 0 Å². The van der Waals surface area contributed by atoms with Gasteiger partial charge in [0.05, 0.1) is 15.5 Å². The molecule has 1 aliphatic rings. The first-order valence-electron chi connectivity index (χ1n) is 8.61. The summed E-state index contributed by atoms with van der Waals surface area (Å²) in [4.78, 5) is 0.194. The number of primary sulfonamides is 1. The molecule has 0 saturated heterocycles. The molecule has 3 aromatic carbocycles. The van der Waals surface area contributed by atoms with Gasteiger partial charge in [-0.05, 0) is 41.8 Å². The number of anilines is 1. The van der Waals surface area contributed by atoms with Crippen molar-refractivity contribution in [2.75, 3.05) is 10.8 Å². The molecule has 144 valence electrons. The lowest BCUT2D eigenvalue weighted by Crippen LogP contribution is -2.29. The van der Waals surface area contributed by atoms with Crippen LogP contribution in [0.2, 0.25) is 0 Å². The Morgan fingerprint density at radius 1 is 0.821 bits per heavy atom. The fourth-order valence-corrected chi connectivity index (χ4v) is 5.73. The van der Waals surface area contributed by atoms with Crippen molar-refractivity contribution in [3.63, 3.8) is 0 Å². The van der Waals surface area contributed by atoms with Gasteiger partial charge in [0.25, 0.3) is 10.0 Å². The molecule has 6 nitrogen and oxygen atoms in total. The molecule has 1 heterocycles. The van der Waals surface area contributed by atoms with Gasteiger partial charge >= 0.3 is 0 Å². The lowest BCUT2D eigenvalue weighted by molar-refractivity contribution is 0.592. The number of hydrogen-bond acceptors (Lipinski definition) is 4. The maximum atomic E-state index is 13.5. The summed E-state index contributed by atoms with van der Waals surface area (Å²) in [6, 6.07) is 20.5. The Balaban J connectivity index is 1.81. The SMILES string of the molecule is NS(=O)(=O)c1ccc2c(c1)CCN2S(=O)(=O)c1ccccc1-c1ccccc1. The van der Waals surface area contributed by atoms with Crippen LogP contribution in [-0.2, 0) is 26.5 Å². The van der Waals surface area contributed by atoms with Crippen LogP contribution < -0.4 is 9.44 Å². The quantitative estimate of drug-likeness (QED) is 0.710. The summed E-state index contributed by atoms with van der Waals surface area (Å²) >= 11 is 0. The Hall–Kier alpha value is -2.68. The van der Waals surface area contributed by atoms with Gasteiger partial charge in [0.1, 0.15) is 0 Å². The molecule has 4 rings (SSSR count). The molecular formula is C20H18N2O4S2. The molecule has 0 amide bonds. The molecule has 0 saturated carbocycles. The molecule has 28 heavy (non-hydrogen) atoms. The first kappa shape index (κ1) is 18.7. The lowest BCUT2D eigenvalue weighted by Gasteiger charge is -2.21. The van der Waals surface area contributed by atoms with Crippen molar-refractivity contribution in [3.8, 4) is 11.1 Å². The van der Waals surface area contributed by atoms with E-state index in [0.29, 0.717) is 23.2 Å². The number of rotatable bonds is 4. The van der Waals surface area contributed by atoms with Crippen molar-refractivity contribution in [2.24, 2.45) is 5.14 Å². The third kappa shape index (κ3) is 3.19. The van der Waals surface area contributed by atoms with E-state index in [0.717, 1.165) is 5.56 Å². The van der Waals surface area contributed by atoms with Gasteiger partial charge in [0.15, 0.2) is 0 Å². The van der Waals surface area contributed by atoms with Gasteiger partial charge < -0.3 is 0 Å². The summed E-state index contributed by atoms with van der Waals surface area (Å²) in [7, 11) is -7.67. The van der Waals surface area contributed by atoms with Crippen molar-refractivity contribution in [3.05, 3.63) is 78.4 Å². The number of hydrogen-bond donors (Lipinski definition) is 1. The molecule has 0 aliphatic carbocycles. The highest BCUT2D eigenvalue weighted by atomic mass is 32.2. The fraction of sp³-hybridized carbons (Fsp3) is 0.100. The zero-order valence-electron chi connectivity index (χ0n) is 14.8. The highest BCUT2D eigenvalue weighted by molar-refractivity contribution is 7.93. The van der Waals surface area contributed by atoms with Gasteiger partial charge in [-0.15, -0.1) is 0 Å². The molecule has 0 spiro atoms. The van der Waals surface area contributed by atoms with Crippen LogP contribution in [-0.4, -0.2) is 23.4 Å². The maximum absolute atomic E-state index is 13.5. The molecule has 0 bridgehead atoms. The summed E-state index contributed by atoms with van der Waals surface area (Å²) in [6.07, 6.45) is 0.422. The first-order chi connectivity index (χ1) is 13.3. The van der Waals surface area contributed by atoms with E-state index in [9.17, 15) is 16.8 Å². The van der Waals surface area contributed by atoms with Gasteiger partial charge in [-0.1, -0.05) is 48.5 Å². The minimum absolute atomic E-state index is 0.0183. The molecule has 0 radical (unpaired) electrons. The smallest absolute Gasteiger partial charge is 0.264 e. The van der Waals surface area contributed by atoms with Gasteiger partial charge in [0, 0.05) is 12.1 Å². The van der Waals surface area contributed by atoms with Crippen molar-refractivity contribution >= 4 is 25.7 Å².